The molecule has 0 aromatic heterocycles. The monoisotopic (exact) mass is 232 g/mol. The average molecular weight is 232 g/mol. The Morgan fingerprint density at radius 2 is 2.00 bits per heavy atom. The number of carbonyl (C=O) groups excluding carboxylic acids is 1. The molecule has 1 saturated carbocycles. The zero-order chi connectivity index (χ0) is 12.3. The van der Waals surface area contributed by atoms with Gasteiger partial charge in [-0.15, -0.1) is 0 Å². The molecule has 17 heavy (non-hydrogen) atoms. The van der Waals surface area contributed by atoms with Gasteiger partial charge in [0.15, 0.2) is 0 Å². The van der Waals surface area contributed by atoms with Crippen LogP contribution in [0.2, 0.25) is 0 Å². The third kappa shape index (κ3) is 2.90. The second-order valence-electron chi connectivity index (χ2n) is 3.98. The van der Waals surface area contributed by atoms with Crippen LogP contribution in [0.4, 0.5) is 11.4 Å². The van der Waals surface area contributed by atoms with Gasteiger partial charge in [0.2, 0.25) is 0 Å². The molecule has 0 heterocycles. The molecular formula is C12H12N2O3. The van der Waals surface area contributed by atoms with E-state index in [1.165, 1.54) is 12.1 Å². The Bertz CT molecular complexity index is 461. The molecule has 1 aliphatic rings. The molecule has 5 heteroatoms. The van der Waals surface area contributed by atoms with Gasteiger partial charge in [-0.05, 0) is 30.9 Å². The van der Waals surface area contributed by atoms with Gasteiger partial charge in [0.25, 0.3) is 5.69 Å². The smallest absolute Gasteiger partial charge is 0.269 e. The number of nitrogens with zero attached hydrogens (tertiary/aromatic N) is 1. The van der Waals surface area contributed by atoms with Crippen LogP contribution in [0.1, 0.15) is 12.8 Å². The molecule has 0 spiro atoms. The maximum atomic E-state index is 10.8. The number of hydrogen-bond donors (Lipinski definition) is 1. The molecule has 0 atom stereocenters. The van der Waals surface area contributed by atoms with E-state index in [0.717, 1.165) is 30.4 Å². The number of carbonyl (C=O) groups is 1. The maximum absolute atomic E-state index is 10.8. The topological polar surface area (TPSA) is 72.2 Å². The standard InChI is InChI=1S/C12H12N2O3/c15-8-10(9-1-2-9)7-13-11-3-5-12(6-4-11)14(16)17/h3-9,13H,1-2H2/b10-7-. The second-order valence-corrected chi connectivity index (χ2v) is 3.98. The molecule has 1 aromatic carbocycles. The van der Waals surface area contributed by atoms with Gasteiger partial charge in [-0.25, -0.2) is 0 Å². The molecule has 1 aromatic rings. The molecule has 0 radical (unpaired) electrons. The maximum Gasteiger partial charge on any atom is 0.269 e. The first-order chi connectivity index (χ1) is 8.20. The van der Waals surface area contributed by atoms with Gasteiger partial charge >= 0.3 is 0 Å². The van der Waals surface area contributed by atoms with E-state index in [0.29, 0.717) is 5.92 Å². The molecule has 0 saturated heterocycles. The van der Waals surface area contributed by atoms with Crippen molar-refractivity contribution in [1.82, 2.24) is 0 Å². The minimum absolute atomic E-state index is 0.0531. The minimum Gasteiger partial charge on any atom is -0.361 e. The van der Waals surface area contributed by atoms with Gasteiger partial charge < -0.3 is 5.32 Å². The first-order valence-corrected chi connectivity index (χ1v) is 5.37. The van der Waals surface area contributed by atoms with E-state index in [1.54, 1.807) is 18.3 Å². The van der Waals surface area contributed by atoms with E-state index in [2.05, 4.69) is 5.32 Å². The molecule has 1 N–H and O–H groups in total. The molecular weight excluding hydrogens is 220 g/mol. The molecule has 1 fully saturated rings. The average Bonchev–Trinajstić information content (AvgIpc) is 3.15. The van der Waals surface area contributed by atoms with E-state index in [1.807, 2.05) is 0 Å². The fraction of sp³-hybridized carbons (Fsp3) is 0.250. The highest BCUT2D eigenvalue weighted by atomic mass is 16.6. The lowest BCUT2D eigenvalue weighted by molar-refractivity contribution is -0.384. The number of benzene rings is 1. The third-order valence-electron chi connectivity index (χ3n) is 2.67. The Morgan fingerprint density at radius 1 is 1.35 bits per heavy atom. The number of hydrogen-bond acceptors (Lipinski definition) is 4. The molecule has 1 aliphatic carbocycles. The van der Waals surface area contributed by atoms with Crippen molar-refractivity contribution in [2.75, 3.05) is 5.32 Å². The number of allylic oxidation sites excluding steroid dienone is 1. The van der Waals surface area contributed by atoms with Gasteiger partial charge in [0.1, 0.15) is 6.29 Å². The van der Waals surface area contributed by atoms with Crippen LogP contribution in [-0.4, -0.2) is 11.2 Å². The Balaban J connectivity index is 2.03. The summed E-state index contributed by atoms with van der Waals surface area (Å²) in [6, 6.07) is 6.08. The molecule has 0 bridgehead atoms. The van der Waals surface area contributed by atoms with E-state index in [9.17, 15) is 14.9 Å². The summed E-state index contributed by atoms with van der Waals surface area (Å²) >= 11 is 0. The number of non-ortho nitro benzene ring substituents is 1. The first-order valence-electron chi connectivity index (χ1n) is 5.37. The Kier molecular flexibility index (Phi) is 3.18. The third-order valence-corrected chi connectivity index (χ3v) is 2.67. The molecule has 0 unspecified atom stereocenters. The summed E-state index contributed by atoms with van der Waals surface area (Å²) < 4.78 is 0. The van der Waals surface area contributed by atoms with Gasteiger partial charge in [0.05, 0.1) is 4.92 Å². The number of nitro benzene ring substituents is 1. The highest BCUT2D eigenvalue weighted by Gasteiger charge is 2.25. The number of nitrogens with one attached hydrogen (secondary N) is 1. The van der Waals surface area contributed by atoms with Crippen LogP contribution in [-0.2, 0) is 4.79 Å². The summed E-state index contributed by atoms with van der Waals surface area (Å²) in [5, 5.41) is 13.4. The van der Waals surface area contributed by atoms with Crippen molar-refractivity contribution in [3.05, 3.63) is 46.2 Å². The number of nitro groups is 1. The molecule has 0 aliphatic heterocycles. The van der Waals surface area contributed by atoms with Crippen LogP contribution in [0.5, 0.6) is 0 Å². The highest BCUT2D eigenvalue weighted by Crippen LogP contribution is 2.35. The SMILES string of the molecule is O=C/C(=C/Nc1ccc([N+](=O)[O-])cc1)C1CC1. The number of rotatable bonds is 5. The lowest BCUT2D eigenvalue weighted by atomic mass is 10.2. The zero-order valence-corrected chi connectivity index (χ0v) is 9.13. The van der Waals surface area contributed by atoms with Crippen molar-refractivity contribution in [2.45, 2.75) is 12.8 Å². The van der Waals surface area contributed by atoms with E-state index in [-0.39, 0.29) is 5.69 Å². The van der Waals surface area contributed by atoms with Crippen LogP contribution in [0, 0.1) is 16.0 Å². The minimum atomic E-state index is -0.444. The van der Waals surface area contributed by atoms with Crippen molar-refractivity contribution in [2.24, 2.45) is 5.92 Å². The lowest BCUT2D eigenvalue weighted by Gasteiger charge is -2.01. The van der Waals surface area contributed by atoms with Gasteiger partial charge in [-0.2, -0.15) is 0 Å². The summed E-state index contributed by atoms with van der Waals surface area (Å²) in [4.78, 5) is 20.8. The molecule has 88 valence electrons. The predicted octanol–water partition coefficient (Wildman–Crippen LogP) is 2.50. The first kappa shape index (κ1) is 11.3. The molecule has 0 amide bonds. The highest BCUT2D eigenvalue weighted by molar-refractivity contribution is 5.75. The van der Waals surface area contributed by atoms with Crippen molar-refractivity contribution >= 4 is 17.7 Å². The quantitative estimate of drug-likeness (QED) is 0.366. The lowest BCUT2D eigenvalue weighted by Crippen LogP contribution is -1.95. The van der Waals surface area contributed by atoms with Gasteiger partial charge in [0, 0.05) is 29.6 Å². The second kappa shape index (κ2) is 4.78. The summed E-state index contributed by atoms with van der Waals surface area (Å²) in [5.41, 5.74) is 1.54. The van der Waals surface area contributed by atoms with Gasteiger partial charge in [-0.1, -0.05) is 0 Å². The Hall–Kier alpha value is -2.17. The Morgan fingerprint density at radius 3 is 2.47 bits per heavy atom. The summed E-state index contributed by atoms with van der Waals surface area (Å²) in [6.45, 7) is 0. The van der Waals surface area contributed by atoms with Crippen LogP contribution in [0.15, 0.2) is 36.0 Å². The predicted molar refractivity (Wildman–Crippen MR) is 63.6 cm³/mol. The van der Waals surface area contributed by atoms with E-state index >= 15 is 0 Å². The fourth-order valence-corrected chi connectivity index (χ4v) is 1.51. The van der Waals surface area contributed by atoms with Crippen molar-refractivity contribution in [1.29, 1.82) is 0 Å². The summed E-state index contributed by atoms with van der Waals surface area (Å²) in [6.07, 6.45) is 4.65. The summed E-state index contributed by atoms with van der Waals surface area (Å²) in [5.74, 6) is 0.387. The van der Waals surface area contributed by atoms with Crippen molar-refractivity contribution < 1.29 is 9.72 Å². The van der Waals surface area contributed by atoms with Crippen molar-refractivity contribution in [3.8, 4) is 0 Å². The zero-order valence-electron chi connectivity index (χ0n) is 9.13. The van der Waals surface area contributed by atoms with Gasteiger partial charge in [-0.3, -0.25) is 14.9 Å². The number of anilines is 1. The van der Waals surface area contributed by atoms with Crippen molar-refractivity contribution in [3.63, 3.8) is 0 Å². The summed E-state index contributed by atoms with van der Waals surface area (Å²) in [7, 11) is 0. The molecule has 2 rings (SSSR count). The largest absolute Gasteiger partial charge is 0.361 e. The Labute approximate surface area is 98.3 Å². The van der Waals surface area contributed by atoms with Crippen LogP contribution < -0.4 is 5.32 Å². The normalized spacial score (nSPS) is 15.4. The fourth-order valence-electron chi connectivity index (χ4n) is 1.51. The van der Waals surface area contributed by atoms with E-state index < -0.39 is 4.92 Å². The van der Waals surface area contributed by atoms with Crippen LogP contribution in [0.25, 0.3) is 0 Å². The molecule has 5 nitrogen and oxygen atoms in total. The van der Waals surface area contributed by atoms with Crippen LogP contribution in [0.3, 0.4) is 0 Å². The number of aldehydes is 1. The van der Waals surface area contributed by atoms with Crippen LogP contribution >= 0.6 is 0 Å². The van der Waals surface area contributed by atoms with E-state index in [4.69, 9.17) is 0 Å².